The van der Waals surface area contributed by atoms with Gasteiger partial charge in [-0.1, -0.05) is 17.7 Å². The van der Waals surface area contributed by atoms with Crippen LogP contribution in [0.15, 0.2) is 53.1 Å². The summed E-state index contributed by atoms with van der Waals surface area (Å²) in [5.41, 5.74) is 3.64. The average Bonchev–Trinajstić information content (AvgIpc) is 3.36. The Kier molecular flexibility index (Phi) is 5.05. The summed E-state index contributed by atoms with van der Waals surface area (Å²) in [7, 11) is 1.75. The van der Waals surface area contributed by atoms with Crippen LogP contribution in [-0.2, 0) is 16.6 Å². The van der Waals surface area contributed by atoms with E-state index in [-0.39, 0.29) is 5.56 Å². The second-order valence-corrected chi connectivity index (χ2v) is 6.93. The normalized spacial score (nSPS) is 10.9. The van der Waals surface area contributed by atoms with Gasteiger partial charge in [-0.15, -0.1) is 0 Å². The minimum absolute atomic E-state index is 0.278. The Morgan fingerprint density at radius 1 is 1.17 bits per heavy atom. The smallest absolute Gasteiger partial charge is 0.339 e. The third kappa shape index (κ3) is 3.80. The first kappa shape index (κ1) is 19.4. The number of aromatic nitrogens is 3. The van der Waals surface area contributed by atoms with Crippen molar-refractivity contribution in [2.75, 3.05) is 11.9 Å². The summed E-state index contributed by atoms with van der Waals surface area (Å²) < 4.78 is 12.3. The van der Waals surface area contributed by atoms with Gasteiger partial charge in [0.1, 0.15) is 5.69 Å². The van der Waals surface area contributed by atoms with Gasteiger partial charge in [-0.05, 0) is 44.2 Å². The predicted octanol–water partition coefficient (Wildman–Crippen LogP) is 3.64. The number of anilines is 1. The molecule has 8 nitrogen and oxygen atoms in total. The molecular formula is C22H20N4O4. The number of carbonyl (C=O) groups excluding carboxylic acids is 2. The van der Waals surface area contributed by atoms with Crippen molar-refractivity contribution in [3.8, 4) is 11.5 Å². The van der Waals surface area contributed by atoms with E-state index in [9.17, 15) is 9.59 Å². The molecule has 3 aromatic heterocycles. The lowest BCUT2D eigenvalue weighted by molar-refractivity contribution is -0.119. The molecule has 0 saturated carbocycles. The number of hydrogen-bond donors (Lipinski definition) is 1. The van der Waals surface area contributed by atoms with E-state index in [0.717, 1.165) is 5.56 Å². The molecule has 0 fully saturated rings. The number of hydrogen-bond acceptors (Lipinski definition) is 6. The molecule has 0 aliphatic carbocycles. The molecule has 1 amide bonds. The van der Waals surface area contributed by atoms with Crippen molar-refractivity contribution in [3.63, 3.8) is 0 Å². The number of benzene rings is 1. The van der Waals surface area contributed by atoms with Crippen LogP contribution in [-0.4, -0.2) is 33.2 Å². The van der Waals surface area contributed by atoms with E-state index < -0.39 is 18.5 Å². The lowest BCUT2D eigenvalue weighted by Gasteiger charge is -2.09. The summed E-state index contributed by atoms with van der Waals surface area (Å²) in [5.74, 6) is -0.543. The number of aryl methyl sites for hydroxylation is 3. The van der Waals surface area contributed by atoms with Crippen molar-refractivity contribution in [3.05, 3.63) is 65.5 Å². The minimum Gasteiger partial charge on any atom is -0.463 e. The van der Waals surface area contributed by atoms with Crippen LogP contribution in [0.5, 0.6) is 0 Å². The van der Waals surface area contributed by atoms with E-state index in [1.807, 2.05) is 19.1 Å². The minimum atomic E-state index is -0.634. The Morgan fingerprint density at radius 2 is 1.93 bits per heavy atom. The molecule has 1 aromatic carbocycles. The lowest BCUT2D eigenvalue weighted by Crippen LogP contribution is -2.21. The number of rotatable bonds is 5. The summed E-state index contributed by atoms with van der Waals surface area (Å²) in [5, 5.41) is 7.63. The molecule has 0 unspecified atom stereocenters. The van der Waals surface area contributed by atoms with Crippen molar-refractivity contribution >= 4 is 28.6 Å². The van der Waals surface area contributed by atoms with Crippen molar-refractivity contribution in [1.29, 1.82) is 0 Å². The molecule has 152 valence electrons. The SMILES string of the molecule is Cc1ccc(NC(=O)COC(=O)c2cc(-c3ccco3)nc3c2c(C)nn3C)cc1. The molecule has 4 rings (SSSR count). The van der Waals surface area contributed by atoms with Crippen LogP contribution < -0.4 is 5.32 Å². The van der Waals surface area contributed by atoms with E-state index >= 15 is 0 Å². The van der Waals surface area contributed by atoms with E-state index in [1.165, 1.54) is 6.26 Å². The Morgan fingerprint density at radius 3 is 2.63 bits per heavy atom. The topological polar surface area (TPSA) is 99.2 Å². The maximum Gasteiger partial charge on any atom is 0.339 e. The van der Waals surface area contributed by atoms with Crippen LogP contribution in [0, 0.1) is 13.8 Å². The molecule has 8 heteroatoms. The van der Waals surface area contributed by atoms with Gasteiger partial charge in [0, 0.05) is 12.7 Å². The number of esters is 1. The number of pyridine rings is 1. The molecule has 0 aliphatic rings. The molecule has 0 radical (unpaired) electrons. The van der Waals surface area contributed by atoms with E-state index in [4.69, 9.17) is 9.15 Å². The van der Waals surface area contributed by atoms with Gasteiger partial charge in [-0.25, -0.2) is 9.78 Å². The number of nitrogens with one attached hydrogen (secondary N) is 1. The molecule has 1 N–H and O–H groups in total. The second kappa shape index (κ2) is 7.82. The number of fused-ring (bicyclic) bond motifs is 1. The van der Waals surface area contributed by atoms with Gasteiger partial charge in [0.25, 0.3) is 5.91 Å². The van der Waals surface area contributed by atoms with Crippen LogP contribution in [0.4, 0.5) is 5.69 Å². The van der Waals surface area contributed by atoms with Crippen LogP contribution in [0.1, 0.15) is 21.6 Å². The van der Waals surface area contributed by atoms with Gasteiger partial charge in [-0.2, -0.15) is 5.10 Å². The summed E-state index contributed by atoms with van der Waals surface area (Å²) in [6, 6.07) is 12.4. The Hall–Kier alpha value is -3.94. The highest BCUT2D eigenvalue weighted by Crippen LogP contribution is 2.27. The van der Waals surface area contributed by atoms with Crippen LogP contribution in [0.25, 0.3) is 22.5 Å². The molecular weight excluding hydrogens is 384 g/mol. The van der Waals surface area contributed by atoms with Crippen molar-refractivity contribution in [1.82, 2.24) is 14.8 Å². The van der Waals surface area contributed by atoms with Gasteiger partial charge < -0.3 is 14.5 Å². The first-order chi connectivity index (χ1) is 14.4. The molecule has 3 heterocycles. The van der Waals surface area contributed by atoms with E-state index in [2.05, 4.69) is 15.4 Å². The molecule has 0 saturated heterocycles. The fourth-order valence-electron chi connectivity index (χ4n) is 3.20. The molecule has 0 spiro atoms. The highest BCUT2D eigenvalue weighted by atomic mass is 16.5. The fraction of sp³-hybridized carbons (Fsp3) is 0.182. The number of ether oxygens (including phenoxy) is 1. The number of carbonyl (C=O) groups is 2. The zero-order valence-electron chi connectivity index (χ0n) is 16.8. The van der Waals surface area contributed by atoms with E-state index in [1.54, 1.807) is 49.0 Å². The Labute approximate surface area is 172 Å². The van der Waals surface area contributed by atoms with Crippen molar-refractivity contribution < 1.29 is 18.7 Å². The number of amides is 1. The lowest BCUT2D eigenvalue weighted by atomic mass is 10.1. The van der Waals surface area contributed by atoms with Crippen LogP contribution in [0.2, 0.25) is 0 Å². The Balaban J connectivity index is 1.57. The first-order valence-electron chi connectivity index (χ1n) is 9.34. The maximum absolute atomic E-state index is 12.8. The van der Waals surface area contributed by atoms with Gasteiger partial charge >= 0.3 is 5.97 Å². The van der Waals surface area contributed by atoms with Gasteiger partial charge in [0.2, 0.25) is 0 Å². The number of furan rings is 1. The highest BCUT2D eigenvalue weighted by molar-refractivity contribution is 6.05. The van der Waals surface area contributed by atoms with Crippen molar-refractivity contribution in [2.24, 2.45) is 7.05 Å². The second-order valence-electron chi connectivity index (χ2n) is 6.93. The monoisotopic (exact) mass is 404 g/mol. The molecule has 0 bridgehead atoms. The van der Waals surface area contributed by atoms with Crippen LogP contribution >= 0.6 is 0 Å². The quantitative estimate of drug-likeness (QED) is 0.510. The molecule has 0 atom stereocenters. The third-order valence-corrected chi connectivity index (χ3v) is 4.63. The Bertz CT molecular complexity index is 1220. The van der Waals surface area contributed by atoms with Crippen LogP contribution in [0.3, 0.4) is 0 Å². The van der Waals surface area contributed by atoms with Gasteiger partial charge in [0.15, 0.2) is 18.0 Å². The predicted molar refractivity (Wildman–Crippen MR) is 111 cm³/mol. The van der Waals surface area contributed by atoms with Crippen molar-refractivity contribution in [2.45, 2.75) is 13.8 Å². The highest BCUT2D eigenvalue weighted by Gasteiger charge is 2.21. The molecule has 4 aromatic rings. The average molecular weight is 404 g/mol. The molecule has 0 aliphatic heterocycles. The summed E-state index contributed by atoms with van der Waals surface area (Å²) in [4.78, 5) is 29.6. The van der Waals surface area contributed by atoms with Gasteiger partial charge in [-0.3, -0.25) is 9.48 Å². The first-order valence-corrected chi connectivity index (χ1v) is 9.34. The zero-order valence-corrected chi connectivity index (χ0v) is 16.8. The summed E-state index contributed by atoms with van der Waals surface area (Å²) in [6.45, 7) is 3.34. The summed E-state index contributed by atoms with van der Waals surface area (Å²) >= 11 is 0. The standard InChI is InChI=1S/C22H20N4O4/c1-13-6-8-15(9-7-13)23-19(27)12-30-22(28)16-11-17(18-5-4-10-29-18)24-21-20(16)14(2)25-26(21)3/h4-11H,12H2,1-3H3,(H,23,27). The largest absolute Gasteiger partial charge is 0.463 e. The van der Waals surface area contributed by atoms with Gasteiger partial charge in [0.05, 0.1) is 22.9 Å². The zero-order chi connectivity index (χ0) is 21.3. The maximum atomic E-state index is 12.8. The number of nitrogens with zero attached hydrogens (tertiary/aromatic N) is 3. The third-order valence-electron chi connectivity index (χ3n) is 4.63. The van der Waals surface area contributed by atoms with E-state index in [0.29, 0.717) is 33.9 Å². The summed E-state index contributed by atoms with van der Waals surface area (Å²) in [6.07, 6.45) is 1.53. The molecule has 30 heavy (non-hydrogen) atoms. The fourth-order valence-corrected chi connectivity index (χ4v) is 3.20.